The van der Waals surface area contributed by atoms with Crippen molar-refractivity contribution in [2.24, 2.45) is 0 Å². The molecule has 1 aromatic heterocycles. The third-order valence-electron chi connectivity index (χ3n) is 4.24. The van der Waals surface area contributed by atoms with Crippen LogP contribution in [0.2, 0.25) is 0 Å². The van der Waals surface area contributed by atoms with Crippen LogP contribution in [0.4, 0.5) is 0 Å². The van der Waals surface area contributed by atoms with E-state index >= 15 is 0 Å². The molecule has 5 nitrogen and oxygen atoms in total. The SMILES string of the molecule is O=C(Cc1ncc[nH]1)N1CCOC2(CCCCC2)C1. The molecule has 0 bridgehead atoms. The van der Waals surface area contributed by atoms with Gasteiger partial charge in [0.25, 0.3) is 0 Å². The standard InChI is InChI=1S/C14H21N3O2/c18-13(10-12-15-6-7-16-12)17-8-9-19-14(11-17)4-2-1-3-5-14/h6-7H,1-5,8-11H2,(H,15,16). The van der Waals surface area contributed by atoms with E-state index < -0.39 is 0 Å². The van der Waals surface area contributed by atoms with Crippen molar-refractivity contribution >= 4 is 5.91 Å². The third-order valence-corrected chi connectivity index (χ3v) is 4.24. The maximum Gasteiger partial charge on any atom is 0.230 e. The Labute approximate surface area is 113 Å². The van der Waals surface area contributed by atoms with Crippen LogP contribution in [0, 0.1) is 0 Å². The van der Waals surface area contributed by atoms with E-state index in [2.05, 4.69) is 9.97 Å². The number of nitrogens with zero attached hydrogens (tertiary/aromatic N) is 2. The van der Waals surface area contributed by atoms with E-state index in [0.29, 0.717) is 19.6 Å². The second-order valence-corrected chi connectivity index (χ2v) is 5.62. The first-order valence-electron chi connectivity index (χ1n) is 7.17. The molecule has 0 radical (unpaired) electrons. The van der Waals surface area contributed by atoms with Crippen molar-refractivity contribution in [2.75, 3.05) is 19.7 Å². The number of ether oxygens (including phenoxy) is 1. The smallest absolute Gasteiger partial charge is 0.230 e. The fourth-order valence-corrected chi connectivity index (χ4v) is 3.21. The van der Waals surface area contributed by atoms with E-state index in [1.165, 1.54) is 19.3 Å². The molecule has 1 aromatic rings. The molecule has 2 aliphatic rings. The van der Waals surface area contributed by atoms with Crippen molar-refractivity contribution in [3.05, 3.63) is 18.2 Å². The highest BCUT2D eigenvalue weighted by molar-refractivity contribution is 5.78. The lowest BCUT2D eigenvalue weighted by Crippen LogP contribution is -2.54. The van der Waals surface area contributed by atoms with E-state index in [1.54, 1.807) is 12.4 Å². The minimum Gasteiger partial charge on any atom is -0.371 e. The molecular weight excluding hydrogens is 242 g/mol. The average molecular weight is 263 g/mol. The largest absolute Gasteiger partial charge is 0.371 e. The number of carbonyl (C=O) groups excluding carboxylic acids is 1. The van der Waals surface area contributed by atoms with Gasteiger partial charge in [0.05, 0.1) is 18.6 Å². The van der Waals surface area contributed by atoms with Gasteiger partial charge in [0.1, 0.15) is 5.82 Å². The molecule has 3 rings (SSSR count). The fourth-order valence-electron chi connectivity index (χ4n) is 3.21. The molecular formula is C14H21N3O2. The molecule has 0 unspecified atom stereocenters. The number of H-pyrrole nitrogens is 1. The molecule has 1 amide bonds. The number of morpholine rings is 1. The van der Waals surface area contributed by atoms with Gasteiger partial charge in [-0.05, 0) is 12.8 Å². The predicted molar refractivity (Wildman–Crippen MR) is 70.6 cm³/mol. The zero-order chi connectivity index (χ0) is 13.1. The zero-order valence-electron chi connectivity index (χ0n) is 11.2. The molecule has 1 saturated carbocycles. The van der Waals surface area contributed by atoms with Crippen LogP contribution >= 0.6 is 0 Å². The normalized spacial score (nSPS) is 22.6. The van der Waals surface area contributed by atoms with Gasteiger partial charge in [-0.25, -0.2) is 4.98 Å². The minimum atomic E-state index is -0.0602. The highest BCUT2D eigenvalue weighted by atomic mass is 16.5. The zero-order valence-corrected chi connectivity index (χ0v) is 11.2. The van der Waals surface area contributed by atoms with Crippen LogP contribution in [0.1, 0.15) is 37.9 Å². The molecule has 0 atom stereocenters. The molecule has 0 aromatic carbocycles. The van der Waals surface area contributed by atoms with Gasteiger partial charge >= 0.3 is 0 Å². The summed E-state index contributed by atoms with van der Waals surface area (Å²) in [5, 5.41) is 0. The van der Waals surface area contributed by atoms with Crippen molar-refractivity contribution in [2.45, 2.75) is 44.1 Å². The van der Waals surface area contributed by atoms with Crippen LogP contribution in [0.15, 0.2) is 12.4 Å². The van der Waals surface area contributed by atoms with Gasteiger partial charge in [0.15, 0.2) is 0 Å². The number of hydrogen-bond acceptors (Lipinski definition) is 3. The van der Waals surface area contributed by atoms with E-state index in [0.717, 1.165) is 25.2 Å². The van der Waals surface area contributed by atoms with Crippen molar-refractivity contribution in [3.63, 3.8) is 0 Å². The number of aromatic nitrogens is 2. The number of aromatic amines is 1. The number of amides is 1. The minimum absolute atomic E-state index is 0.0602. The average Bonchev–Trinajstić information content (AvgIpc) is 2.92. The highest BCUT2D eigenvalue weighted by Gasteiger charge is 2.39. The topological polar surface area (TPSA) is 58.2 Å². The lowest BCUT2D eigenvalue weighted by Gasteiger charge is -2.45. The van der Waals surface area contributed by atoms with Crippen molar-refractivity contribution in [1.29, 1.82) is 0 Å². The predicted octanol–water partition coefficient (Wildman–Crippen LogP) is 1.51. The molecule has 19 heavy (non-hydrogen) atoms. The first-order chi connectivity index (χ1) is 9.27. The van der Waals surface area contributed by atoms with Crippen LogP contribution in [0.25, 0.3) is 0 Å². The van der Waals surface area contributed by atoms with Crippen molar-refractivity contribution in [3.8, 4) is 0 Å². The first kappa shape index (κ1) is 12.7. The Morgan fingerprint density at radius 2 is 2.26 bits per heavy atom. The summed E-state index contributed by atoms with van der Waals surface area (Å²) in [6.07, 6.45) is 9.74. The Kier molecular flexibility index (Phi) is 3.55. The lowest BCUT2D eigenvalue weighted by atomic mass is 9.83. The van der Waals surface area contributed by atoms with E-state index in [9.17, 15) is 4.79 Å². The second kappa shape index (κ2) is 5.33. The molecule has 5 heteroatoms. The number of imidazole rings is 1. The summed E-state index contributed by atoms with van der Waals surface area (Å²) in [6, 6.07) is 0. The number of hydrogen-bond donors (Lipinski definition) is 1. The summed E-state index contributed by atoms with van der Waals surface area (Å²) >= 11 is 0. The van der Waals surface area contributed by atoms with E-state index in [4.69, 9.17) is 4.74 Å². The van der Waals surface area contributed by atoms with E-state index in [-0.39, 0.29) is 11.5 Å². The molecule has 1 saturated heterocycles. The summed E-state index contributed by atoms with van der Waals surface area (Å²) in [4.78, 5) is 21.4. The molecule has 104 valence electrons. The number of nitrogens with one attached hydrogen (secondary N) is 1. The Morgan fingerprint density at radius 3 is 3.00 bits per heavy atom. The van der Waals surface area contributed by atoms with Gasteiger partial charge < -0.3 is 14.6 Å². The molecule has 1 aliphatic heterocycles. The van der Waals surface area contributed by atoms with Crippen LogP contribution in [-0.2, 0) is 16.0 Å². The molecule has 1 aliphatic carbocycles. The van der Waals surface area contributed by atoms with Crippen LogP contribution in [-0.4, -0.2) is 46.1 Å². The Balaban J connectivity index is 1.62. The highest BCUT2D eigenvalue weighted by Crippen LogP contribution is 2.34. The Bertz CT molecular complexity index is 418. The summed E-state index contributed by atoms with van der Waals surface area (Å²) in [6.45, 7) is 2.14. The van der Waals surface area contributed by atoms with Crippen molar-refractivity contribution in [1.82, 2.24) is 14.9 Å². The molecule has 2 heterocycles. The molecule has 2 fully saturated rings. The maximum atomic E-state index is 12.3. The van der Waals surface area contributed by atoms with Crippen LogP contribution in [0.3, 0.4) is 0 Å². The van der Waals surface area contributed by atoms with Crippen LogP contribution < -0.4 is 0 Å². The lowest BCUT2D eigenvalue weighted by molar-refractivity contribution is -0.155. The molecule has 1 N–H and O–H groups in total. The van der Waals surface area contributed by atoms with Gasteiger partial charge in [0.2, 0.25) is 5.91 Å². The summed E-state index contributed by atoms with van der Waals surface area (Å²) in [7, 11) is 0. The number of rotatable bonds is 2. The maximum absolute atomic E-state index is 12.3. The third kappa shape index (κ3) is 2.81. The van der Waals surface area contributed by atoms with Crippen molar-refractivity contribution < 1.29 is 9.53 Å². The summed E-state index contributed by atoms with van der Waals surface area (Å²) < 4.78 is 6.00. The Hall–Kier alpha value is -1.36. The summed E-state index contributed by atoms with van der Waals surface area (Å²) in [5.74, 6) is 0.900. The van der Waals surface area contributed by atoms with Gasteiger partial charge in [-0.3, -0.25) is 4.79 Å². The quantitative estimate of drug-likeness (QED) is 0.880. The Morgan fingerprint density at radius 1 is 1.42 bits per heavy atom. The van der Waals surface area contributed by atoms with Gasteiger partial charge in [-0.1, -0.05) is 19.3 Å². The van der Waals surface area contributed by atoms with E-state index in [1.807, 2.05) is 4.90 Å². The first-order valence-corrected chi connectivity index (χ1v) is 7.17. The second-order valence-electron chi connectivity index (χ2n) is 5.62. The molecule has 1 spiro atoms. The monoisotopic (exact) mass is 263 g/mol. The van der Waals surface area contributed by atoms with Gasteiger partial charge in [0, 0.05) is 25.5 Å². The summed E-state index contributed by atoms with van der Waals surface area (Å²) in [5.41, 5.74) is -0.0602. The van der Waals surface area contributed by atoms with Crippen LogP contribution in [0.5, 0.6) is 0 Å². The van der Waals surface area contributed by atoms with Gasteiger partial charge in [-0.2, -0.15) is 0 Å². The number of carbonyl (C=O) groups is 1. The van der Waals surface area contributed by atoms with Gasteiger partial charge in [-0.15, -0.1) is 0 Å². The fraction of sp³-hybridized carbons (Fsp3) is 0.714.